The van der Waals surface area contributed by atoms with Crippen LogP contribution in [0.3, 0.4) is 0 Å². The molecule has 0 unspecified atom stereocenters. The molecular weight excluding hydrogens is 414 g/mol. The Morgan fingerprint density at radius 2 is 1.87 bits per heavy atom. The Balaban J connectivity index is 1.37. The van der Waals surface area contributed by atoms with Gasteiger partial charge >= 0.3 is 0 Å². The highest BCUT2D eigenvalue weighted by atomic mass is 35.5. The van der Waals surface area contributed by atoms with Gasteiger partial charge in [-0.25, -0.2) is 4.98 Å². The van der Waals surface area contributed by atoms with Crippen LogP contribution in [0.5, 0.6) is 0 Å². The predicted molar refractivity (Wildman–Crippen MR) is 126 cm³/mol. The van der Waals surface area contributed by atoms with Crippen molar-refractivity contribution in [2.75, 3.05) is 5.32 Å². The van der Waals surface area contributed by atoms with Crippen LogP contribution in [-0.2, 0) is 17.6 Å². The molecule has 0 fully saturated rings. The van der Waals surface area contributed by atoms with Crippen molar-refractivity contribution in [2.45, 2.75) is 39.0 Å². The number of thiazole rings is 1. The number of imidazole rings is 1. The van der Waals surface area contributed by atoms with E-state index in [1.165, 1.54) is 18.4 Å². The first-order valence-electron chi connectivity index (χ1n) is 10.2. The molecular formula is C24H24ClN3OS. The fourth-order valence-corrected chi connectivity index (χ4v) is 4.40. The molecule has 4 rings (SSSR count). The second-order valence-corrected chi connectivity index (χ2v) is 8.63. The van der Waals surface area contributed by atoms with E-state index < -0.39 is 0 Å². The summed E-state index contributed by atoms with van der Waals surface area (Å²) < 4.78 is 2.07. The summed E-state index contributed by atoms with van der Waals surface area (Å²) in [6.45, 7) is 2.19. The van der Waals surface area contributed by atoms with Gasteiger partial charge in [0.25, 0.3) is 0 Å². The third kappa shape index (κ3) is 4.91. The summed E-state index contributed by atoms with van der Waals surface area (Å²) >= 11 is 7.57. The number of aryl methyl sites for hydroxylation is 2. The molecule has 1 amide bonds. The van der Waals surface area contributed by atoms with Gasteiger partial charge in [0.15, 0.2) is 4.96 Å². The largest absolute Gasteiger partial charge is 0.326 e. The zero-order chi connectivity index (χ0) is 20.9. The molecule has 4 nitrogen and oxygen atoms in total. The number of carbonyl (C=O) groups is 1. The number of hydrogen-bond acceptors (Lipinski definition) is 3. The topological polar surface area (TPSA) is 46.4 Å². The number of unbranched alkanes of at least 4 members (excludes halogenated alkanes) is 1. The molecule has 0 spiro atoms. The number of halogens is 1. The van der Waals surface area contributed by atoms with Crippen molar-refractivity contribution >= 4 is 39.5 Å². The number of carbonyl (C=O) groups excluding carboxylic acids is 1. The van der Waals surface area contributed by atoms with Gasteiger partial charge in [-0.15, -0.1) is 11.3 Å². The van der Waals surface area contributed by atoms with Crippen molar-refractivity contribution < 1.29 is 4.79 Å². The number of anilines is 1. The van der Waals surface area contributed by atoms with Crippen molar-refractivity contribution in [3.8, 4) is 11.3 Å². The number of hydrogen-bond donors (Lipinski definition) is 1. The summed E-state index contributed by atoms with van der Waals surface area (Å²) in [5.74, 6) is 0.0219. The Labute approximate surface area is 185 Å². The number of rotatable bonds is 8. The Bertz CT molecular complexity index is 1130. The van der Waals surface area contributed by atoms with Gasteiger partial charge in [-0.1, -0.05) is 49.2 Å². The van der Waals surface area contributed by atoms with E-state index in [1.807, 2.05) is 42.6 Å². The number of benzene rings is 2. The predicted octanol–water partition coefficient (Wildman–Crippen LogP) is 6.63. The van der Waals surface area contributed by atoms with Crippen LogP contribution in [-0.4, -0.2) is 15.3 Å². The van der Waals surface area contributed by atoms with E-state index in [1.54, 1.807) is 11.3 Å². The van der Waals surface area contributed by atoms with Crippen molar-refractivity contribution in [1.82, 2.24) is 9.38 Å². The molecule has 0 bridgehead atoms. The van der Waals surface area contributed by atoms with Crippen LogP contribution in [0.4, 0.5) is 5.69 Å². The second-order valence-electron chi connectivity index (χ2n) is 7.36. The van der Waals surface area contributed by atoms with Crippen molar-refractivity contribution in [1.29, 1.82) is 0 Å². The highest BCUT2D eigenvalue weighted by molar-refractivity contribution is 7.15. The smallest absolute Gasteiger partial charge is 0.224 e. The van der Waals surface area contributed by atoms with Gasteiger partial charge < -0.3 is 5.32 Å². The summed E-state index contributed by atoms with van der Waals surface area (Å²) in [5, 5.41) is 5.78. The summed E-state index contributed by atoms with van der Waals surface area (Å²) in [7, 11) is 0. The van der Waals surface area contributed by atoms with E-state index in [4.69, 9.17) is 16.6 Å². The molecule has 2 heterocycles. The molecule has 0 saturated heterocycles. The summed E-state index contributed by atoms with van der Waals surface area (Å²) in [6.07, 6.45) is 6.58. The Morgan fingerprint density at radius 1 is 1.10 bits per heavy atom. The quantitative estimate of drug-likeness (QED) is 0.336. The Hall–Kier alpha value is -2.63. The van der Waals surface area contributed by atoms with Crippen LogP contribution in [0.25, 0.3) is 16.2 Å². The molecule has 0 aliphatic rings. The van der Waals surface area contributed by atoms with Gasteiger partial charge in [0.1, 0.15) is 0 Å². The van der Waals surface area contributed by atoms with Gasteiger partial charge in [0.05, 0.1) is 5.69 Å². The minimum atomic E-state index is 0.0219. The third-order valence-electron chi connectivity index (χ3n) is 5.09. The minimum absolute atomic E-state index is 0.0219. The van der Waals surface area contributed by atoms with E-state index in [9.17, 15) is 4.79 Å². The average Bonchev–Trinajstić information content (AvgIpc) is 3.33. The normalized spacial score (nSPS) is 11.1. The van der Waals surface area contributed by atoms with E-state index in [2.05, 4.69) is 34.2 Å². The molecule has 0 aliphatic carbocycles. The molecule has 0 saturated carbocycles. The van der Waals surface area contributed by atoms with E-state index in [0.29, 0.717) is 17.9 Å². The van der Waals surface area contributed by atoms with Crippen molar-refractivity contribution in [2.24, 2.45) is 0 Å². The fourth-order valence-electron chi connectivity index (χ4n) is 3.37. The molecule has 154 valence electrons. The second kappa shape index (κ2) is 9.45. The average molecular weight is 438 g/mol. The highest BCUT2D eigenvalue weighted by Gasteiger charge is 2.11. The van der Waals surface area contributed by atoms with Crippen molar-refractivity contribution in [3.05, 3.63) is 76.4 Å². The molecule has 6 heteroatoms. The molecule has 30 heavy (non-hydrogen) atoms. The fraction of sp³-hybridized carbons (Fsp3) is 0.250. The molecule has 0 atom stereocenters. The number of aromatic nitrogens is 2. The lowest BCUT2D eigenvalue weighted by molar-refractivity contribution is -0.116. The van der Waals surface area contributed by atoms with Gasteiger partial charge in [0, 0.05) is 40.0 Å². The van der Waals surface area contributed by atoms with Crippen LogP contribution in [0.1, 0.15) is 37.4 Å². The van der Waals surface area contributed by atoms with Crippen LogP contribution in [0.15, 0.2) is 60.1 Å². The first-order valence-corrected chi connectivity index (χ1v) is 11.5. The lowest BCUT2D eigenvalue weighted by atomic mass is 10.1. The molecule has 0 aliphatic heterocycles. The zero-order valence-electron chi connectivity index (χ0n) is 16.9. The van der Waals surface area contributed by atoms with Crippen LogP contribution >= 0.6 is 22.9 Å². The van der Waals surface area contributed by atoms with E-state index >= 15 is 0 Å². The number of fused-ring (bicyclic) bond motifs is 1. The maximum absolute atomic E-state index is 12.4. The van der Waals surface area contributed by atoms with Gasteiger partial charge in [-0.2, -0.15) is 0 Å². The molecule has 2 aromatic carbocycles. The molecule has 4 aromatic rings. The van der Waals surface area contributed by atoms with E-state index in [-0.39, 0.29) is 5.91 Å². The number of nitrogens with one attached hydrogen (secondary N) is 1. The van der Waals surface area contributed by atoms with Gasteiger partial charge in [-0.05, 0) is 49.1 Å². The van der Waals surface area contributed by atoms with Crippen molar-refractivity contribution in [3.63, 3.8) is 0 Å². The third-order valence-corrected chi connectivity index (χ3v) is 6.23. The van der Waals surface area contributed by atoms with Gasteiger partial charge in [0.2, 0.25) is 5.91 Å². The standard InChI is InChI=1S/C24H24ClN3OS/c1-2-3-4-17-5-11-20(12-6-17)26-23(29)14-13-21-16-30-24-27-22(15-28(21)24)18-7-9-19(25)10-8-18/h5-12,15-16H,2-4,13-14H2,1H3,(H,26,29). The Kier molecular flexibility index (Phi) is 6.50. The molecule has 1 N–H and O–H groups in total. The first kappa shape index (κ1) is 20.6. The number of amides is 1. The lowest BCUT2D eigenvalue weighted by Crippen LogP contribution is -2.12. The maximum Gasteiger partial charge on any atom is 0.224 e. The maximum atomic E-state index is 12.4. The molecule has 0 radical (unpaired) electrons. The van der Waals surface area contributed by atoms with Crippen LogP contribution in [0, 0.1) is 0 Å². The Morgan fingerprint density at radius 3 is 2.60 bits per heavy atom. The highest BCUT2D eigenvalue weighted by Crippen LogP contribution is 2.25. The zero-order valence-corrected chi connectivity index (χ0v) is 18.5. The number of nitrogens with zero attached hydrogens (tertiary/aromatic N) is 2. The first-order chi connectivity index (χ1) is 14.6. The van der Waals surface area contributed by atoms with Crippen LogP contribution in [0.2, 0.25) is 5.02 Å². The SMILES string of the molecule is CCCCc1ccc(NC(=O)CCc2csc3nc(-c4ccc(Cl)cc4)cn23)cc1. The van der Waals surface area contributed by atoms with E-state index in [0.717, 1.165) is 34.0 Å². The minimum Gasteiger partial charge on any atom is -0.326 e. The van der Waals surface area contributed by atoms with Gasteiger partial charge in [-0.3, -0.25) is 9.20 Å². The monoisotopic (exact) mass is 437 g/mol. The van der Waals surface area contributed by atoms with Crippen LogP contribution < -0.4 is 5.32 Å². The lowest BCUT2D eigenvalue weighted by Gasteiger charge is -2.06. The summed E-state index contributed by atoms with van der Waals surface area (Å²) in [5.41, 5.74) is 5.19. The summed E-state index contributed by atoms with van der Waals surface area (Å²) in [6, 6.07) is 15.8. The summed E-state index contributed by atoms with van der Waals surface area (Å²) in [4.78, 5) is 18.0. The molecule has 2 aromatic heterocycles.